The van der Waals surface area contributed by atoms with E-state index in [4.69, 9.17) is 23.2 Å². The molecular formula is C17H14Cl2N2O2. The zero-order valence-corrected chi connectivity index (χ0v) is 13.6. The zero-order valence-electron chi connectivity index (χ0n) is 12.1. The summed E-state index contributed by atoms with van der Waals surface area (Å²) in [6.07, 6.45) is 2.03. The molecule has 0 unspecified atom stereocenters. The van der Waals surface area contributed by atoms with Crippen LogP contribution >= 0.6 is 23.2 Å². The molecule has 0 aliphatic heterocycles. The highest BCUT2D eigenvalue weighted by atomic mass is 35.5. The van der Waals surface area contributed by atoms with Gasteiger partial charge >= 0.3 is 0 Å². The van der Waals surface area contributed by atoms with Gasteiger partial charge in [0.25, 0.3) is 11.8 Å². The molecule has 6 heteroatoms. The number of benzene rings is 2. The summed E-state index contributed by atoms with van der Waals surface area (Å²) in [7, 11) is 0. The van der Waals surface area contributed by atoms with E-state index in [1.165, 1.54) is 0 Å². The van der Waals surface area contributed by atoms with Crippen LogP contribution in [0.15, 0.2) is 42.5 Å². The van der Waals surface area contributed by atoms with Crippen molar-refractivity contribution in [2.75, 3.05) is 5.32 Å². The van der Waals surface area contributed by atoms with Crippen molar-refractivity contribution in [1.29, 1.82) is 0 Å². The first-order valence-corrected chi connectivity index (χ1v) is 7.95. The average Bonchev–Trinajstić information content (AvgIpc) is 3.30. The Bertz CT molecular complexity index is 753. The maximum absolute atomic E-state index is 12.3. The fourth-order valence-electron chi connectivity index (χ4n) is 2.13. The monoisotopic (exact) mass is 348 g/mol. The molecule has 3 rings (SSSR count). The third-order valence-electron chi connectivity index (χ3n) is 3.42. The fraction of sp³-hybridized carbons (Fsp3) is 0.176. The molecule has 0 radical (unpaired) electrons. The van der Waals surface area contributed by atoms with Crippen LogP contribution in [0.3, 0.4) is 0 Å². The Morgan fingerprint density at radius 3 is 2.13 bits per heavy atom. The number of carbonyl (C=O) groups excluding carboxylic acids is 2. The Morgan fingerprint density at radius 2 is 1.52 bits per heavy atom. The predicted octanol–water partition coefficient (Wildman–Crippen LogP) is 4.14. The number of nitrogens with one attached hydrogen (secondary N) is 2. The molecule has 0 spiro atoms. The van der Waals surface area contributed by atoms with Gasteiger partial charge in [-0.1, -0.05) is 29.3 Å². The second kappa shape index (κ2) is 6.60. The summed E-state index contributed by atoms with van der Waals surface area (Å²) in [5, 5.41) is 6.49. The van der Waals surface area contributed by atoms with E-state index in [1.807, 2.05) is 0 Å². The molecule has 0 saturated heterocycles. The minimum absolute atomic E-state index is 0.159. The Labute approximate surface area is 143 Å². The molecular weight excluding hydrogens is 335 g/mol. The lowest BCUT2D eigenvalue weighted by atomic mass is 10.1. The normalized spacial score (nSPS) is 13.5. The molecule has 0 aromatic heterocycles. The molecule has 2 aromatic rings. The zero-order chi connectivity index (χ0) is 16.4. The Balaban J connectivity index is 1.75. The summed E-state index contributed by atoms with van der Waals surface area (Å²) in [6, 6.07) is 11.7. The summed E-state index contributed by atoms with van der Waals surface area (Å²) >= 11 is 11.8. The van der Waals surface area contributed by atoms with Gasteiger partial charge in [-0.3, -0.25) is 9.59 Å². The molecule has 0 atom stereocenters. The van der Waals surface area contributed by atoms with E-state index in [-0.39, 0.29) is 17.9 Å². The Kier molecular flexibility index (Phi) is 4.55. The summed E-state index contributed by atoms with van der Waals surface area (Å²) in [5.74, 6) is -0.489. The lowest BCUT2D eigenvalue weighted by Gasteiger charge is -2.08. The molecule has 23 heavy (non-hydrogen) atoms. The topological polar surface area (TPSA) is 58.2 Å². The second-order valence-electron chi connectivity index (χ2n) is 5.44. The summed E-state index contributed by atoms with van der Waals surface area (Å²) in [6.45, 7) is 0. The van der Waals surface area contributed by atoms with E-state index in [9.17, 15) is 9.59 Å². The van der Waals surface area contributed by atoms with E-state index in [1.54, 1.807) is 42.5 Å². The van der Waals surface area contributed by atoms with Crippen LogP contribution in [-0.4, -0.2) is 17.9 Å². The molecule has 1 aliphatic rings. The van der Waals surface area contributed by atoms with Crippen molar-refractivity contribution < 1.29 is 9.59 Å². The van der Waals surface area contributed by atoms with E-state index in [0.29, 0.717) is 26.9 Å². The van der Waals surface area contributed by atoms with Crippen LogP contribution in [-0.2, 0) is 0 Å². The molecule has 2 N–H and O–H groups in total. The first-order valence-electron chi connectivity index (χ1n) is 7.19. The van der Waals surface area contributed by atoms with Gasteiger partial charge < -0.3 is 10.6 Å². The molecule has 4 nitrogen and oxygen atoms in total. The van der Waals surface area contributed by atoms with Gasteiger partial charge in [0.05, 0.1) is 0 Å². The van der Waals surface area contributed by atoms with Gasteiger partial charge in [0, 0.05) is 32.9 Å². The smallest absolute Gasteiger partial charge is 0.255 e. The third kappa shape index (κ3) is 4.24. The fourth-order valence-corrected chi connectivity index (χ4v) is 2.65. The highest BCUT2D eigenvalue weighted by molar-refractivity contribution is 6.35. The van der Waals surface area contributed by atoms with E-state index >= 15 is 0 Å². The van der Waals surface area contributed by atoms with Crippen LogP contribution in [0.5, 0.6) is 0 Å². The number of carbonyl (C=O) groups is 2. The molecule has 0 bridgehead atoms. The minimum atomic E-state index is -0.329. The lowest BCUT2D eigenvalue weighted by Crippen LogP contribution is -2.25. The van der Waals surface area contributed by atoms with Gasteiger partial charge in [0.15, 0.2) is 0 Å². The largest absolute Gasteiger partial charge is 0.349 e. The van der Waals surface area contributed by atoms with Crippen molar-refractivity contribution in [3.05, 3.63) is 63.6 Å². The van der Waals surface area contributed by atoms with Gasteiger partial charge in [0.1, 0.15) is 0 Å². The first kappa shape index (κ1) is 15.8. The predicted molar refractivity (Wildman–Crippen MR) is 91.3 cm³/mol. The number of halogens is 2. The molecule has 0 heterocycles. The number of anilines is 1. The second-order valence-corrected chi connectivity index (χ2v) is 6.31. The van der Waals surface area contributed by atoms with Crippen molar-refractivity contribution in [1.82, 2.24) is 5.32 Å². The van der Waals surface area contributed by atoms with Crippen LogP contribution < -0.4 is 10.6 Å². The molecule has 118 valence electrons. The van der Waals surface area contributed by atoms with Crippen LogP contribution in [0.1, 0.15) is 33.6 Å². The van der Waals surface area contributed by atoms with Crippen LogP contribution in [0.4, 0.5) is 5.69 Å². The number of hydrogen-bond donors (Lipinski definition) is 2. The average molecular weight is 349 g/mol. The quantitative estimate of drug-likeness (QED) is 0.872. The third-order valence-corrected chi connectivity index (χ3v) is 3.86. The summed E-state index contributed by atoms with van der Waals surface area (Å²) in [4.78, 5) is 24.4. The van der Waals surface area contributed by atoms with Gasteiger partial charge in [-0.15, -0.1) is 0 Å². The summed E-state index contributed by atoms with van der Waals surface area (Å²) in [5.41, 5.74) is 1.36. The number of hydrogen-bond acceptors (Lipinski definition) is 2. The van der Waals surface area contributed by atoms with Crippen LogP contribution in [0.2, 0.25) is 10.0 Å². The van der Waals surface area contributed by atoms with Gasteiger partial charge in [-0.25, -0.2) is 0 Å². The molecule has 2 aromatic carbocycles. The summed E-state index contributed by atoms with van der Waals surface area (Å²) < 4.78 is 0. The lowest BCUT2D eigenvalue weighted by molar-refractivity contribution is 0.0951. The standard InChI is InChI=1S/C17H14Cl2N2O2/c18-12-7-13(19)9-15(8-12)21-17(23)11-3-1-2-10(6-11)16(22)20-14-4-5-14/h1-3,6-9,14H,4-5H2,(H,20,22)(H,21,23). The van der Waals surface area contributed by atoms with Gasteiger partial charge in [-0.2, -0.15) is 0 Å². The van der Waals surface area contributed by atoms with E-state index in [0.717, 1.165) is 12.8 Å². The number of amides is 2. The Hall–Kier alpha value is -2.04. The van der Waals surface area contributed by atoms with Crippen molar-refractivity contribution in [2.45, 2.75) is 18.9 Å². The van der Waals surface area contributed by atoms with E-state index in [2.05, 4.69) is 10.6 Å². The van der Waals surface area contributed by atoms with Gasteiger partial charge in [0.2, 0.25) is 0 Å². The van der Waals surface area contributed by atoms with Gasteiger partial charge in [-0.05, 0) is 49.2 Å². The molecule has 2 amide bonds. The van der Waals surface area contributed by atoms with Crippen molar-refractivity contribution in [3.63, 3.8) is 0 Å². The highest BCUT2D eigenvalue weighted by Gasteiger charge is 2.24. The molecule has 1 aliphatic carbocycles. The van der Waals surface area contributed by atoms with Crippen molar-refractivity contribution >= 4 is 40.7 Å². The number of rotatable bonds is 4. The maximum Gasteiger partial charge on any atom is 0.255 e. The van der Waals surface area contributed by atoms with Crippen molar-refractivity contribution in [3.8, 4) is 0 Å². The van der Waals surface area contributed by atoms with E-state index < -0.39 is 0 Å². The highest BCUT2D eigenvalue weighted by Crippen LogP contribution is 2.23. The van der Waals surface area contributed by atoms with Crippen LogP contribution in [0, 0.1) is 0 Å². The Morgan fingerprint density at radius 1 is 0.913 bits per heavy atom. The first-order chi connectivity index (χ1) is 11.0. The van der Waals surface area contributed by atoms with Crippen LogP contribution in [0.25, 0.3) is 0 Å². The molecule has 1 fully saturated rings. The molecule has 1 saturated carbocycles. The SMILES string of the molecule is O=C(Nc1cc(Cl)cc(Cl)c1)c1cccc(C(=O)NC2CC2)c1. The maximum atomic E-state index is 12.3. The van der Waals surface area contributed by atoms with Crippen molar-refractivity contribution in [2.24, 2.45) is 0 Å². The minimum Gasteiger partial charge on any atom is -0.349 e.